The first-order valence-corrected chi connectivity index (χ1v) is 9.55. The largest absolute Gasteiger partial charge is 0.352 e. The topological polar surface area (TPSA) is 59.8 Å². The number of thioether (sulfide) groups is 1. The minimum atomic E-state index is -0.284. The Balaban J connectivity index is 1.64. The Morgan fingerprint density at radius 3 is 2.60 bits per heavy atom. The first kappa shape index (κ1) is 17.9. The zero-order valence-electron chi connectivity index (χ0n) is 14.5. The fraction of sp³-hybridized carbons (Fsp3) is 0.500. The number of amides is 1. The van der Waals surface area contributed by atoms with E-state index < -0.39 is 0 Å². The Hall–Kier alpha value is -1.89. The second-order valence-electron chi connectivity index (χ2n) is 6.48. The van der Waals surface area contributed by atoms with Crippen molar-refractivity contribution in [3.05, 3.63) is 30.1 Å². The van der Waals surface area contributed by atoms with Crippen LogP contribution in [0.4, 0.5) is 4.39 Å². The third kappa shape index (κ3) is 4.39. The van der Waals surface area contributed by atoms with Gasteiger partial charge >= 0.3 is 0 Å². The molecule has 0 radical (unpaired) electrons. The summed E-state index contributed by atoms with van der Waals surface area (Å²) in [5, 5.41) is 11.9. The Morgan fingerprint density at radius 2 is 1.92 bits per heavy atom. The molecule has 25 heavy (non-hydrogen) atoms. The number of halogens is 1. The molecule has 2 aromatic rings. The highest BCUT2D eigenvalue weighted by molar-refractivity contribution is 8.00. The van der Waals surface area contributed by atoms with E-state index >= 15 is 0 Å². The van der Waals surface area contributed by atoms with Gasteiger partial charge in [0.2, 0.25) is 5.91 Å². The molecule has 1 N–H and O–H groups in total. The van der Waals surface area contributed by atoms with E-state index in [9.17, 15) is 9.18 Å². The predicted octanol–water partition coefficient (Wildman–Crippen LogP) is 3.55. The fourth-order valence-electron chi connectivity index (χ4n) is 3.04. The minimum absolute atomic E-state index is 0.0447. The summed E-state index contributed by atoms with van der Waals surface area (Å²) in [6.45, 7) is 1.88. The third-order valence-electron chi connectivity index (χ3n) is 4.54. The monoisotopic (exact) mass is 362 g/mol. The number of nitrogens with zero attached hydrogens (tertiary/aromatic N) is 3. The number of hydrogen-bond donors (Lipinski definition) is 1. The molecular formula is C18H23FN4OS. The van der Waals surface area contributed by atoms with Gasteiger partial charge in [-0.05, 0) is 44.0 Å². The van der Waals surface area contributed by atoms with Crippen LogP contribution in [0.25, 0.3) is 11.4 Å². The first-order valence-electron chi connectivity index (χ1n) is 8.67. The van der Waals surface area contributed by atoms with E-state index in [2.05, 4.69) is 15.5 Å². The van der Waals surface area contributed by atoms with Crippen LogP contribution in [0, 0.1) is 5.82 Å². The van der Waals surface area contributed by atoms with E-state index in [4.69, 9.17) is 0 Å². The van der Waals surface area contributed by atoms with Crippen molar-refractivity contribution in [2.45, 2.75) is 55.5 Å². The van der Waals surface area contributed by atoms with Gasteiger partial charge in [0.05, 0.1) is 5.25 Å². The van der Waals surface area contributed by atoms with Crippen LogP contribution >= 0.6 is 11.8 Å². The van der Waals surface area contributed by atoms with Gasteiger partial charge in [-0.2, -0.15) is 0 Å². The molecule has 1 fully saturated rings. The molecule has 1 atom stereocenters. The van der Waals surface area contributed by atoms with Gasteiger partial charge in [-0.3, -0.25) is 4.79 Å². The van der Waals surface area contributed by atoms with Crippen LogP contribution < -0.4 is 5.32 Å². The van der Waals surface area contributed by atoms with E-state index in [0.29, 0.717) is 17.0 Å². The number of carbonyl (C=O) groups is 1. The molecule has 134 valence electrons. The number of hydrogen-bond acceptors (Lipinski definition) is 4. The quantitative estimate of drug-likeness (QED) is 0.827. The van der Waals surface area contributed by atoms with Gasteiger partial charge in [0.1, 0.15) is 5.82 Å². The summed E-state index contributed by atoms with van der Waals surface area (Å²) in [6, 6.07) is 6.45. The summed E-state index contributed by atoms with van der Waals surface area (Å²) in [6.07, 6.45) is 5.79. The molecule has 1 aliphatic rings. The summed E-state index contributed by atoms with van der Waals surface area (Å²) < 4.78 is 14.9. The van der Waals surface area contributed by atoms with Crippen molar-refractivity contribution in [3.63, 3.8) is 0 Å². The minimum Gasteiger partial charge on any atom is -0.352 e. The molecule has 1 aromatic carbocycles. The highest BCUT2D eigenvalue weighted by Crippen LogP contribution is 2.26. The van der Waals surface area contributed by atoms with Gasteiger partial charge in [-0.25, -0.2) is 4.39 Å². The van der Waals surface area contributed by atoms with Crippen molar-refractivity contribution in [1.82, 2.24) is 20.1 Å². The molecule has 5 nitrogen and oxygen atoms in total. The summed E-state index contributed by atoms with van der Waals surface area (Å²) >= 11 is 1.39. The lowest BCUT2D eigenvalue weighted by atomic mass is 9.95. The lowest BCUT2D eigenvalue weighted by Gasteiger charge is -2.24. The van der Waals surface area contributed by atoms with Crippen LogP contribution in [0.1, 0.15) is 39.0 Å². The Morgan fingerprint density at radius 1 is 1.24 bits per heavy atom. The fourth-order valence-corrected chi connectivity index (χ4v) is 3.87. The molecule has 1 saturated carbocycles. The zero-order chi connectivity index (χ0) is 17.8. The van der Waals surface area contributed by atoms with E-state index in [-0.39, 0.29) is 17.0 Å². The molecule has 3 rings (SSSR count). The van der Waals surface area contributed by atoms with Crippen LogP contribution in [0.2, 0.25) is 0 Å². The lowest BCUT2D eigenvalue weighted by molar-refractivity contribution is -0.121. The Labute approximate surface area is 151 Å². The molecule has 0 saturated heterocycles. The second kappa shape index (κ2) is 7.99. The summed E-state index contributed by atoms with van der Waals surface area (Å²) in [5.74, 6) is 0.416. The molecule has 0 bridgehead atoms. The van der Waals surface area contributed by atoms with Crippen molar-refractivity contribution in [2.75, 3.05) is 0 Å². The number of carbonyl (C=O) groups excluding carboxylic acids is 1. The number of benzene rings is 1. The highest BCUT2D eigenvalue weighted by Gasteiger charge is 2.22. The van der Waals surface area contributed by atoms with Gasteiger partial charge in [0.15, 0.2) is 11.0 Å². The normalized spacial score (nSPS) is 16.6. The highest BCUT2D eigenvalue weighted by atomic mass is 32.2. The van der Waals surface area contributed by atoms with Crippen LogP contribution in [-0.2, 0) is 11.8 Å². The molecule has 1 heterocycles. The standard InChI is InChI=1S/C18H23FN4OS/c1-12(17(24)20-15-6-4-3-5-7-15)25-18-22-21-16(23(18)2)13-8-10-14(19)11-9-13/h8-12,15H,3-7H2,1-2H3,(H,20,24). The first-order chi connectivity index (χ1) is 12.0. The average molecular weight is 362 g/mol. The predicted molar refractivity (Wildman–Crippen MR) is 96.7 cm³/mol. The van der Waals surface area contributed by atoms with E-state index in [1.807, 2.05) is 18.5 Å². The van der Waals surface area contributed by atoms with Crippen LogP contribution in [0.15, 0.2) is 29.4 Å². The van der Waals surface area contributed by atoms with Crippen LogP contribution in [0.3, 0.4) is 0 Å². The summed E-state index contributed by atoms with van der Waals surface area (Å²) in [5.41, 5.74) is 0.794. The Bertz CT molecular complexity index is 725. The number of rotatable bonds is 5. The summed E-state index contributed by atoms with van der Waals surface area (Å²) in [7, 11) is 1.85. The maximum atomic E-state index is 13.1. The molecule has 1 aliphatic carbocycles. The molecule has 0 spiro atoms. The second-order valence-corrected chi connectivity index (χ2v) is 7.78. The third-order valence-corrected chi connectivity index (χ3v) is 5.67. The molecule has 1 unspecified atom stereocenters. The zero-order valence-corrected chi connectivity index (χ0v) is 15.4. The maximum Gasteiger partial charge on any atom is 0.233 e. The molecule has 7 heteroatoms. The number of aromatic nitrogens is 3. The molecule has 1 aromatic heterocycles. The van der Waals surface area contributed by atoms with E-state index in [0.717, 1.165) is 18.4 Å². The van der Waals surface area contributed by atoms with Gasteiger partial charge < -0.3 is 9.88 Å². The van der Waals surface area contributed by atoms with Crippen molar-refractivity contribution in [1.29, 1.82) is 0 Å². The van der Waals surface area contributed by atoms with Crippen molar-refractivity contribution >= 4 is 17.7 Å². The summed E-state index contributed by atoms with van der Waals surface area (Å²) in [4.78, 5) is 12.4. The van der Waals surface area contributed by atoms with Gasteiger partial charge in [-0.15, -0.1) is 10.2 Å². The SMILES string of the molecule is CC(Sc1nnc(-c2ccc(F)cc2)n1C)C(=O)NC1CCCCC1. The van der Waals surface area contributed by atoms with E-state index in [1.54, 1.807) is 12.1 Å². The van der Waals surface area contributed by atoms with Crippen molar-refractivity contribution in [3.8, 4) is 11.4 Å². The number of nitrogens with one attached hydrogen (secondary N) is 1. The van der Waals surface area contributed by atoms with Gasteiger partial charge in [0.25, 0.3) is 0 Å². The van der Waals surface area contributed by atoms with Gasteiger partial charge in [0, 0.05) is 18.7 Å². The van der Waals surface area contributed by atoms with Crippen molar-refractivity contribution in [2.24, 2.45) is 7.05 Å². The lowest BCUT2D eigenvalue weighted by Crippen LogP contribution is -2.40. The Kier molecular flexibility index (Phi) is 5.73. The smallest absolute Gasteiger partial charge is 0.233 e. The molecule has 0 aliphatic heterocycles. The van der Waals surface area contributed by atoms with Crippen molar-refractivity contribution < 1.29 is 9.18 Å². The van der Waals surface area contributed by atoms with Crippen LogP contribution in [0.5, 0.6) is 0 Å². The average Bonchev–Trinajstić information content (AvgIpc) is 2.97. The molecule has 1 amide bonds. The van der Waals surface area contributed by atoms with Gasteiger partial charge in [-0.1, -0.05) is 31.0 Å². The van der Waals surface area contributed by atoms with E-state index in [1.165, 1.54) is 43.2 Å². The maximum absolute atomic E-state index is 13.1. The van der Waals surface area contributed by atoms with Crippen LogP contribution in [-0.4, -0.2) is 32.0 Å². The molecular weight excluding hydrogens is 339 g/mol.